The lowest BCUT2D eigenvalue weighted by molar-refractivity contribution is 0.321. The van der Waals surface area contributed by atoms with Crippen LogP contribution in [0.15, 0.2) is 41.3 Å². The summed E-state index contributed by atoms with van der Waals surface area (Å²) in [7, 11) is -2.06. The van der Waals surface area contributed by atoms with E-state index in [1.807, 2.05) is 25.1 Å². The lowest BCUT2D eigenvalue weighted by Crippen LogP contribution is -2.18. The van der Waals surface area contributed by atoms with E-state index in [4.69, 9.17) is 4.74 Å². The average Bonchev–Trinajstić information content (AvgIpc) is 2.44. The van der Waals surface area contributed by atoms with Gasteiger partial charge in [-0.25, -0.2) is 13.1 Å². The van der Waals surface area contributed by atoms with Crippen LogP contribution in [0, 0.1) is 0 Å². The van der Waals surface area contributed by atoms with Crippen molar-refractivity contribution in [1.82, 2.24) is 4.72 Å². The normalized spacial score (nSPS) is 11.7. The van der Waals surface area contributed by atoms with Gasteiger partial charge in [-0.1, -0.05) is 31.2 Å². The van der Waals surface area contributed by atoms with Gasteiger partial charge in [-0.05, 0) is 25.6 Å². The highest BCUT2D eigenvalue weighted by molar-refractivity contribution is 7.89. The minimum Gasteiger partial charge on any atom is -0.493 e. The molecule has 0 amide bonds. The van der Waals surface area contributed by atoms with E-state index in [1.165, 1.54) is 7.05 Å². The minimum absolute atomic E-state index is 0.273. The minimum atomic E-state index is -3.47. The summed E-state index contributed by atoms with van der Waals surface area (Å²) in [6.45, 7) is 2.64. The summed E-state index contributed by atoms with van der Waals surface area (Å²) >= 11 is 0. The molecule has 5 heteroatoms. The number of ether oxygens (including phenoxy) is 1. The number of rotatable bonds is 5. The zero-order valence-corrected chi connectivity index (χ0v) is 11.8. The van der Waals surface area contributed by atoms with Gasteiger partial charge in [-0.2, -0.15) is 0 Å². The maximum absolute atomic E-state index is 12.0. The summed E-state index contributed by atoms with van der Waals surface area (Å²) in [5, 5.41) is 1.48. The van der Waals surface area contributed by atoms with Gasteiger partial charge in [-0.15, -0.1) is 0 Å². The second-order valence-corrected chi connectivity index (χ2v) is 6.02. The van der Waals surface area contributed by atoms with Crippen LogP contribution in [0.4, 0.5) is 0 Å². The first kappa shape index (κ1) is 13.8. The van der Waals surface area contributed by atoms with Crippen LogP contribution in [-0.4, -0.2) is 22.1 Å². The zero-order valence-electron chi connectivity index (χ0n) is 11.0. The monoisotopic (exact) mass is 279 g/mol. The molecule has 19 heavy (non-hydrogen) atoms. The molecule has 102 valence electrons. The maximum atomic E-state index is 12.0. The summed E-state index contributed by atoms with van der Waals surface area (Å²) in [6, 6.07) is 10.6. The first-order valence-electron chi connectivity index (χ1n) is 6.18. The molecule has 0 aromatic heterocycles. The standard InChI is InChI=1S/C14H17NO3S/c1-3-10-18-13-8-9-14(19(16,17)15-2)12-7-5-4-6-11(12)13/h4-9,15H,3,10H2,1-2H3. The zero-order chi connectivity index (χ0) is 13.9. The Morgan fingerprint density at radius 2 is 1.79 bits per heavy atom. The molecule has 0 fully saturated rings. The first-order valence-corrected chi connectivity index (χ1v) is 7.66. The molecule has 0 radical (unpaired) electrons. The van der Waals surface area contributed by atoms with Crippen LogP contribution >= 0.6 is 0 Å². The van der Waals surface area contributed by atoms with Crippen molar-refractivity contribution >= 4 is 20.8 Å². The number of sulfonamides is 1. The van der Waals surface area contributed by atoms with Crippen molar-refractivity contribution < 1.29 is 13.2 Å². The average molecular weight is 279 g/mol. The molecular weight excluding hydrogens is 262 g/mol. The Labute approximate surface area is 113 Å². The van der Waals surface area contributed by atoms with Crippen molar-refractivity contribution in [2.45, 2.75) is 18.2 Å². The van der Waals surface area contributed by atoms with Crippen molar-refractivity contribution in [2.75, 3.05) is 13.7 Å². The molecule has 0 unspecified atom stereocenters. The Morgan fingerprint density at radius 3 is 2.42 bits per heavy atom. The van der Waals surface area contributed by atoms with Crippen LogP contribution in [0.1, 0.15) is 13.3 Å². The third kappa shape index (κ3) is 2.72. The summed E-state index contributed by atoms with van der Waals surface area (Å²) in [5.74, 6) is 0.715. The van der Waals surface area contributed by atoms with Gasteiger partial charge in [0.05, 0.1) is 11.5 Å². The van der Waals surface area contributed by atoms with Crippen LogP contribution in [-0.2, 0) is 10.0 Å². The smallest absolute Gasteiger partial charge is 0.240 e. The second-order valence-electron chi connectivity index (χ2n) is 4.16. The van der Waals surface area contributed by atoms with E-state index < -0.39 is 10.0 Å². The van der Waals surface area contributed by atoms with Crippen LogP contribution in [0.5, 0.6) is 5.75 Å². The van der Waals surface area contributed by atoms with Gasteiger partial charge in [0.15, 0.2) is 0 Å². The van der Waals surface area contributed by atoms with E-state index in [0.29, 0.717) is 17.7 Å². The van der Waals surface area contributed by atoms with E-state index in [2.05, 4.69) is 4.72 Å². The molecule has 0 heterocycles. The fourth-order valence-corrected chi connectivity index (χ4v) is 2.86. The molecule has 2 rings (SSSR count). The lowest BCUT2D eigenvalue weighted by Gasteiger charge is -2.12. The van der Waals surface area contributed by atoms with Gasteiger partial charge in [0, 0.05) is 10.8 Å². The predicted octanol–water partition coefficient (Wildman–Crippen LogP) is 2.54. The van der Waals surface area contributed by atoms with Crippen molar-refractivity contribution in [2.24, 2.45) is 0 Å². The number of hydrogen-bond acceptors (Lipinski definition) is 3. The number of nitrogens with one attached hydrogen (secondary N) is 1. The predicted molar refractivity (Wildman–Crippen MR) is 76.0 cm³/mol. The fraction of sp³-hybridized carbons (Fsp3) is 0.286. The Balaban J connectivity index is 2.65. The SMILES string of the molecule is CCCOc1ccc(S(=O)(=O)NC)c2ccccc12. The topological polar surface area (TPSA) is 55.4 Å². The van der Waals surface area contributed by atoms with Crippen LogP contribution in [0.3, 0.4) is 0 Å². The molecule has 2 aromatic carbocycles. The Hall–Kier alpha value is -1.59. The van der Waals surface area contributed by atoms with E-state index in [1.54, 1.807) is 18.2 Å². The Kier molecular flexibility index (Phi) is 4.07. The highest BCUT2D eigenvalue weighted by Gasteiger charge is 2.16. The highest BCUT2D eigenvalue weighted by atomic mass is 32.2. The van der Waals surface area contributed by atoms with Crippen molar-refractivity contribution in [3.05, 3.63) is 36.4 Å². The molecule has 0 bridgehead atoms. The molecule has 0 aliphatic rings. The van der Waals surface area contributed by atoms with Gasteiger partial charge in [-0.3, -0.25) is 0 Å². The number of fused-ring (bicyclic) bond motifs is 1. The van der Waals surface area contributed by atoms with Crippen molar-refractivity contribution in [1.29, 1.82) is 0 Å². The van der Waals surface area contributed by atoms with E-state index >= 15 is 0 Å². The third-order valence-electron chi connectivity index (χ3n) is 2.86. The molecule has 0 saturated heterocycles. The van der Waals surface area contributed by atoms with E-state index in [0.717, 1.165) is 11.8 Å². The van der Waals surface area contributed by atoms with E-state index in [-0.39, 0.29) is 4.90 Å². The Bertz CT molecular complexity index is 680. The number of hydrogen-bond donors (Lipinski definition) is 1. The molecule has 4 nitrogen and oxygen atoms in total. The molecule has 1 N–H and O–H groups in total. The van der Waals surface area contributed by atoms with Gasteiger partial charge in [0.1, 0.15) is 5.75 Å². The van der Waals surface area contributed by atoms with E-state index in [9.17, 15) is 8.42 Å². The lowest BCUT2D eigenvalue weighted by atomic mass is 10.1. The summed E-state index contributed by atoms with van der Waals surface area (Å²) in [5.41, 5.74) is 0. The van der Waals surface area contributed by atoms with Crippen LogP contribution in [0.25, 0.3) is 10.8 Å². The molecule has 2 aromatic rings. The molecule has 0 spiro atoms. The highest BCUT2D eigenvalue weighted by Crippen LogP contribution is 2.30. The van der Waals surface area contributed by atoms with Gasteiger partial charge in [0.25, 0.3) is 0 Å². The van der Waals surface area contributed by atoms with Gasteiger partial charge >= 0.3 is 0 Å². The molecular formula is C14H17NO3S. The summed E-state index contributed by atoms with van der Waals surface area (Å²) < 4.78 is 32.0. The summed E-state index contributed by atoms with van der Waals surface area (Å²) in [4.78, 5) is 0.273. The molecule has 0 aliphatic carbocycles. The Morgan fingerprint density at radius 1 is 1.11 bits per heavy atom. The maximum Gasteiger partial charge on any atom is 0.240 e. The quantitative estimate of drug-likeness (QED) is 0.915. The van der Waals surface area contributed by atoms with Gasteiger partial charge < -0.3 is 4.74 Å². The van der Waals surface area contributed by atoms with Crippen LogP contribution < -0.4 is 9.46 Å². The molecule has 0 aliphatic heterocycles. The fourth-order valence-electron chi connectivity index (χ4n) is 1.93. The third-order valence-corrected chi connectivity index (χ3v) is 4.34. The van der Waals surface area contributed by atoms with Crippen molar-refractivity contribution in [3.8, 4) is 5.75 Å². The number of benzene rings is 2. The van der Waals surface area contributed by atoms with Crippen molar-refractivity contribution in [3.63, 3.8) is 0 Å². The largest absolute Gasteiger partial charge is 0.493 e. The second kappa shape index (κ2) is 5.59. The van der Waals surface area contributed by atoms with Crippen LogP contribution in [0.2, 0.25) is 0 Å². The summed E-state index contributed by atoms with van der Waals surface area (Å²) in [6.07, 6.45) is 0.908. The molecule has 0 saturated carbocycles. The first-order chi connectivity index (χ1) is 9.10. The van der Waals surface area contributed by atoms with Gasteiger partial charge in [0.2, 0.25) is 10.0 Å². The molecule has 0 atom stereocenters.